The highest BCUT2D eigenvalue weighted by molar-refractivity contribution is 8.01. The van der Waals surface area contributed by atoms with Crippen LogP contribution in [0.4, 0.5) is 0 Å². The summed E-state index contributed by atoms with van der Waals surface area (Å²) < 4.78 is -0.423. The number of unbranched alkanes of at least 4 members (excludes halogenated alkanes) is 3. The lowest BCUT2D eigenvalue weighted by atomic mass is 9.96. The summed E-state index contributed by atoms with van der Waals surface area (Å²) in [6.07, 6.45) is 7.53. The first-order valence-electron chi connectivity index (χ1n) is 5.58. The van der Waals surface area contributed by atoms with Crippen molar-refractivity contribution in [1.82, 2.24) is 0 Å². The molecule has 1 aliphatic rings. The molecule has 3 heteroatoms. The number of aliphatic carboxylic acids is 1. The minimum atomic E-state index is -0.587. The Morgan fingerprint density at radius 3 is 2.71 bits per heavy atom. The quantitative estimate of drug-likeness (QED) is 0.692. The maximum absolute atomic E-state index is 11.2. The van der Waals surface area contributed by atoms with Crippen LogP contribution in [0, 0.1) is 0 Å². The van der Waals surface area contributed by atoms with Gasteiger partial charge in [0.25, 0.3) is 0 Å². The summed E-state index contributed by atoms with van der Waals surface area (Å²) in [4.78, 5) is 11.2. The summed E-state index contributed by atoms with van der Waals surface area (Å²) in [6, 6.07) is 0. The maximum Gasteiger partial charge on any atom is 0.319 e. The molecule has 1 fully saturated rings. The zero-order valence-electron chi connectivity index (χ0n) is 8.92. The van der Waals surface area contributed by atoms with E-state index in [-0.39, 0.29) is 0 Å². The van der Waals surface area contributed by atoms with Gasteiger partial charge in [0.15, 0.2) is 0 Å². The molecule has 0 bridgehead atoms. The van der Waals surface area contributed by atoms with Crippen LogP contribution in [0.1, 0.15) is 51.9 Å². The van der Waals surface area contributed by atoms with Crippen molar-refractivity contribution in [2.45, 2.75) is 56.6 Å². The van der Waals surface area contributed by atoms with E-state index in [4.69, 9.17) is 0 Å². The van der Waals surface area contributed by atoms with E-state index < -0.39 is 10.7 Å². The third-order valence-corrected chi connectivity index (χ3v) is 4.56. The predicted octanol–water partition coefficient (Wildman–Crippen LogP) is 3.31. The molecule has 1 saturated heterocycles. The van der Waals surface area contributed by atoms with E-state index >= 15 is 0 Å². The van der Waals surface area contributed by atoms with Gasteiger partial charge < -0.3 is 5.11 Å². The smallest absolute Gasteiger partial charge is 0.319 e. The first kappa shape index (κ1) is 11.9. The van der Waals surface area contributed by atoms with Crippen molar-refractivity contribution in [2.24, 2.45) is 0 Å². The summed E-state index contributed by atoms with van der Waals surface area (Å²) in [5.41, 5.74) is 0. The standard InChI is InChI=1S/C11H20O2S/c1-2-3-4-5-7-11(10(12)13)8-6-9-14-11/h2-9H2,1H3,(H,12,13). The van der Waals surface area contributed by atoms with Crippen molar-refractivity contribution in [2.75, 3.05) is 5.75 Å². The zero-order valence-corrected chi connectivity index (χ0v) is 9.74. The average Bonchev–Trinajstić information content (AvgIpc) is 2.62. The summed E-state index contributed by atoms with van der Waals surface area (Å²) in [5, 5.41) is 9.20. The molecular formula is C11H20O2S. The highest BCUT2D eigenvalue weighted by atomic mass is 32.2. The normalized spacial score (nSPS) is 26.6. The van der Waals surface area contributed by atoms with Crippen LogP contribution in [0.3, 0.4) is 0 Å². The van der Waals surface area contributed by atoms with Gasteiger partial charge in [0.1, 0.15) is 4.75 Å². The SMILES string of the molecule is CCCCCCC1(C(=O)O)CCCS1. The van der Waals surface area contributed by atoms with Crippen molar-refractivity contribution in [3.8, 4) is 0 Å². The zero-order chi connectivity index (χ0) is 10.4. The van der Waals surface area contributed by atoms with Gasteiger partial charge in [-0.2, -0.15) is 0 Å². The van der Waals surface area contributed by atoms with E-state index in [0.717, 1.165) is 31.4 Å². The Morgan fingerprint density at radius 1 is 1.43 bits per heavy atom. The number of hydrogen-bond donors (Lipinski definition) is 1. The van der Waals surface area contributed by atoms with Crippen molar-refractivity contribution < 1.29 is 9.90 Å². The summed E-state index contributed by atoms with van der Waals surface area (Å²) in [5.74, 6) is 0.441. The van der Waals surface area contributed by atoms with Gasteiger partial charge in [-0.1, -0.05) is 32.6 Å². The monoisotopic (exact) mass is 216 g/mol. The molecule has 82 valence electrons. The van der Waals surface area contributed by atoms with E-state index in [0.29, 0.717) is 0 Å². The largest absolute Gasteiger partial charge is 0.480 e. The van der Waals surface area contributed by atoms with Gasteiger partial charge in [-0.05, 0) is 25.0 Å². The van der Waals surface area contributed by atoms with E-state index in [1.165, 1.54) is 19.3 Å². The van der Waals surface area contributed by atoms with E-state index in [1.807, 2.05) is 0 Å². The Kier molecular flexibility index (Phi) is 4.79. The van der Waals surface area contributed by atoms with Gasteiger partial charge in [0, 0.05) is 0 Å². The lowest BCUT2D eigenvalue weighted by Crippen LogP contribution is -2.32. The molecule has 0 aromatic carbocycles. The summed E-state index contributed by atoms with van der Waals surface area (Å²) >= 11 is 1.66. The topological polar surface area (TPSA) is 37.3 Å². The van der Waals surface area contributed by atoms with Crippen LogP contribution in [0.2, 0.25) is 0 Å². The molecule has 0 spiro atoms. The Balaban J connectivity index is 2.33. The lowest BCUT2D eigenvalue weighted by molar-refractivity contribution is -0.140. The fraction of sp³-hybridized carbons (Fsp3) is 0.909. The number of carboxylic acid groups (broad SMARTS) is 1. The molecule has 0 radical (unpaired) electrons. The fourth-order valence-corrected chi connectivity index (χ4v) is 3.39. The molecule has 0 aromatic heterocycles. The molecule has 1 rings (SSSR count). The predicted molar refractivity (Wildman–Crippen MR) is 60.8 cm³/mol. The molecule has 1 aliphatic heterocycles. The van der Waals surface area contributed by atoms with Crippen molar-refractivity contribution in [3.63, 3.8) is 0 Å². The highest BCUT2D eigenvalue weighted by Gasteiger charge is 2.41. The molecule has 0 aromatic rings. The van der Waals surface area contributed by atoms with Crippen molar-refractivity contribution >= 4 is 17.7 Å². The molecular weight excluding hydrogens is 196 g/mol. The van der Waals surface area contributed by atoms with Crippen LogP contribution in [-0.2, 0) is 4.79 Å². The van der Waals surface area contributed by atoms with Gasteiger partial charge in [-0.25, -0.2) is 0 Å². The highest BCUT2D eigenvalue weighted by Crippen LogP contribution is 2.42. The van der Waals surface area contributed by atoms with E-state index in [9.17, 15) is 9.90 Å². The van der Waals surface area contributed by atoms with Gasteiger partial charge in [0.05, 0.1) is 0 Å². The van der Waals surface area contributed by atoms with Crippen LogP contribution in [-0.4, -0.2) is 21.6 Å². The van der Waals surface area contributed by atoms with Gasteiger partial charge in [0.2, 0.25) is 0 Å². The Hall–Kier alpha value is -0.180. The fourth-order valence-electron chi connectivity index (χ4n) is 2.01. The third-order valence-electron chi connectivity index (χ3n) is 2.93. The van der Waals surface area contributed by atoms with Crippen LogP contribution in [0.5, 0.6) is 0 Å². The Labute approximate surface area is 90.5 Å². The second kappa shape index (κ2) is 5.64. The van der Waals surface area contributed by atoms with Crippen LogP contribution < -0.4 is 0 Å². The van der Waals surface area contributed by atoms with Gasteiger partial charge in [-0.15, -0.1) is 11.8 Å². The Morgan fingerprint density at radius 2 is 2.21 bits per heavy atom. The first-order valence-corrected chi connectivity index (χ1v) is 6.57. The first-order chi connectivity index (χ1) is 6.71. The maximum atomic E-state index is 11.2. The Bertz CT molecular complexity index is 186. The molecule has 1 heterocycles. The summed E-state index contributed by atoms with van der Waals surface area (Å²) in [7, 11) is 0. The van der Waals surface area contributed by atoms with E-state index in [1.54, 1.807) is 11.8 Å². The van der Waals surface area contributed by atoms with Crippen LogP contribution in [0.25, 0.3) is 0 Å². The number of rotatable bonds is 6. The molecule has 0 amide bonds. The van der Waals surface area contributed by atoms with Gasteiger partial charge >= 0.3 is 5.97 Å². The lowest BCUT2D eigenvalue weighted by Gasteiger charge is -2.22. The minimum Gasteiger partial charge on any atom is -0.480 e. The second-order valence-electron chi connectivity index (χ2n) is 4.06. The molecule has 0 saturated carbocycles. The number of thioether (sulfide) groups is 1. The number of carbonyl (C=O) groups is 1. The third kappa shape index (κ3) is 2.91. The molecule has 0 aliphatic carbocycles. The molecule has 1 N–H and O–H groups in total. The van der Waals surface area contributed by atoms with Crippen molar-refractivity contribution in [1.29, 1.82) is 0 Å². The minimum absolute atomic E-state index is 0.423. The van der Waals surface area contributed by atoms with E-state index in [2.05, 4.69) is 6.92 Å². The molecule has 2 nitrogen and oxygen atoms in total. The molecule has 14 heavy (non-hydrogen) atoms. The second-order valence-corrected chi connectivity index (χ2v) is 5.54. The molecule has 1 atom stereocenters. The molecule has 1 unspecified atom stereocenters. The van der Waals surface area contributed by atoms with Gasteiger partial charge in [-0.3, -0.25) is 4.79 Å². The van der Waals surface area contributed by atoms with Crippen LogP contribution in [0.15, 0.2) is 0 Å². The average molecular weight is 216 g/mol. The number of carboxylic acids is 1. The number of hydrogen-bond acceptors (Lipinski definition) is 2. The summed E-state index contributed by atoms with van der Waals surface area (Å²) in [6.45, 7) is 2.18. The van der Waals surface area contributed by atoms with Crippen molar-refractivity contribution in [3.05, 3.63) is 0 Å². The van der Waals surface area contributed by atoms with Crippen LogP contribution >= 0.6 is 11.8 Å².